The van der Waals surface area contributed by atoms with Crippen molar-refractivity contribution in [2.75, 3.05) is 5.73 Å². The summed E-state index contributed by atoms with van der Waals surface area (Å²) >= 11 is 0. The predicted molar refractivity (Wildman–Crippen MR) is 61.2 cm³/mol. The number of anilines is 1. The topological polar surface area (TPSA) is 141 Å². The van der Waals surface area contributed by atoms with E-state index in [2.05, 4.69) is 0 Å². The molecule has 7 nitrogen and oxygen atoms in total. The normalized spacial score (nSPS) is 13.9. The molecule has 98 valence electrons. The highest BCUT2D eigenvalue weighted by molar-refractivity contribution is 5.95. The van der Waals surface area contributed by atoms with Crippen molar-refractivity contribution in [1.82, 2.24) is 0 Å². The number of hydrogen-bond donors (Lipinski definition) is 5. The minimum atomic E-state index is -2.07. The number of hydrogen-bond acceptors (Lipinski definition) is 5. The first-order valence-corrected chi connectivity index (χ1v) is 4.98. The molecule has 0 aliphatic rings. The number of carboxylic acid groups (broad SMARTS) is 2. The van der Waals surface area contributed by atoms with Crippen LogP contribution < -0.4 is 5.73 Å². The van der Waals surface area contributed by atoms with Gasteiger partial charge >= 0.3 is 11.9 Å². The highest BCUT2D eigenvalue weighted by Crippen LogP contribution is 2.28. The lowest BCUT2D eigenvalue weighted by Gasteiger charge is -2.18. The summed E-state index contributed by atoms with van der Waals surface area (Å²) in [5.41, 5.74) is 5.39. The van der Waals surface area contributed by atoms with Crippen LogP contribution >= 0.6 is 0 Å². The highest BCUT2D eigenvalue weighted by atomic mass is 16.4. The molecule has 0 amide bonds. The van der Waals surface area contributed by atoms with Gasteiger partial charge in [-0.15, -0.1) is 0 Å². The van der Waals surface area contributed by atoms with E-state index in [4.69, 9.17) is 15.9 Å². The smallest absolute Gasteiger partial charge is 0.337 e. The standard InChI is InChI=1S/C11H13NO6/c1-4-2-5(8(13)9(14)11(17)18)7(12)6(3-4)10(15)16/h2-3,8-9,13-14H,12H2,1H3,(H,15,16)(H,17,18). The number of nitrogen functional groups attached to an aromatic ring is 1. The third-order valence-electron chi connectivity index (χ3n) is 2.46. The molecule has 0 aromatic heterocycles. The molecule has 0 bridgehead atoms. The van der Waals surface area contributed by atoms with Gasteiger partial charge in [0.1, 0.15) is 6.10 Å². The Bertz CT molecular complexity index is 499. The molecule has 18 heavy (non-hydrogen) atoms. The van der Waals surface area contributed by atoms with Gasteiger partial charge < -0.3 is 26.2 Å². The lowest BCUT2D eigenvalue weighted by atomic mass is 9.96. The molecule has 0 fully saturated rings. The zero-order chi connectivity index (χ0) is 14.0. The molecule has 0 aliphatic heterocycles. The van der Waals surface area contributed by atoms with E-state index in [0.717, 1.165) is 0 Å². The van der Waals surface area contributed by atoms with Crippen LogP contribution in [0.2, 0.25) is 0 Å². The van der Waals surface area contributed by atoms with Gasteiger partial charge in [-0.05, 0) is 18.6 Å². The number of nitrogens with two attached hydrogens (primary N) is 1. The fraction of sp³-hybridized carbons (Fsp3) is 0.273. The number of aryl methyl sites for hydroxylation is 1. The molecule has 1 rings (SSSR count). The first-order valence-electron chi connectivity index (χ1n) is 4.98. The van der Waals surface area contributed by atoms with Gasteiger partial charge in [-0.1, -0.05) is 6.07 Å². The minimum Gasteiger partial charge on any atom is -0.479 e. The van der Waals surface area contributed by atoms with Crippen LogP contribution in [-0.4, -0.2) is 38.5 Å². The molecule has 6 N–H and O–H groups in total. The number of carboxylic acids is 2. The summed E-state index contributed by atoms with van der Waals surface area (Å²) < 4.78 is 0. The van der Waals surface area contributed by atoms with E-state index in [1.165, 1.54) is 12.1 Å². The van der Waals surface area contributed by atoms with Crippen LogP contribution in [0.25, 0.3) is 0 Å². The van der Waals surface area contributed by atoms with E-state index < -0.39 is 24.1 Å². The van der Waals surface area contributed by atoms with Crippen molar-refractivity contribution in [3.05, 3.63) is 28.8 Å². The maximum absolute atomic E-state index is 10.9. The van der Waals surface area contributed by atoms with Gasteiger partial charge in [0.25, 0.3) is 0 Å². The summed E-state index contributed by atoms with van der Waals surface area (Å²) in [6.45, 7) is 1.56. The maximum atomic E-state index is 10.9. The lowest BCUT2D eigenvalue weighted by Crippen LogP contribution is -2.28. The molecule has 2 atom stereocenters. The first-order chi connectivity index (χ1) is 8.25. The fourth-order valence-corrected chi connectivity index (χ4v) is 1.55. The van der Waals surface area contributed by atoms with Gasteiger partial charge in [0, 0.05) is 5.56 Å². The van der Waals surface area contributed by atoms with Gasteiger partial charge in [0.2, 0.25) is 0 Å². The third-order valence-corrected chi connectivity index (χ3v) is 2.46. The number of aliphatic hydroxyl groups is 2. The number of benzene rings is 1. The van der Waals surface area contributed by atoms with Crippen LogP contribution in [-0.2, 0) is 4.79 Å². The van der Waals surface area contributed by atoms with E-state index in [1.807, 2.05) is 0 Å². The van der Waals surface area contributed by atoms with Gasteiger partial charge in [0.15, 0.2) is 6.10 Å². The molecule has 0 radical (unpaired) electrons. The molecule has 2 unspecified atom stereocenters. The Kier molecular flexibility index (Phi) is 3.89. The molecule has 0 saturated carbocycles. The fourth-order valence-electron chi connectivity index (χ4n) is 1.55. The van der Waals surface area contributed by atoms with Gasteiger partial charge in [-0.2, -0.15) is 0 Å². The Morgan fingerprint density at radius 1 is 1.22 bits per heavy atom. The second-order valence-electron chi connectivity index (χ2n) is 3.85. The van der Waals surface area contributed by atoms with Gasteiger partial charge in [-0.3, -0.25) is 0 Å². The molecular formula is C11H13NO6. The molecular weight excluding hydrogens is 242 g/mol. The Morgan fingerprint density at radius 3 is 2.22 bits per heavy atom. The molecule has 1 aromatic rings. The molecule has 1 aromatic carbocycles. The number of aromatic carboxylic acids is 1. The van der Waals surface area contributed by atoms with Crippen LogP contribution in [0.3, 0.4) is 0 Å². The summed E-state index contributed by atoms with van der Waals surface area (Å²) in [5.74, 6) is -2.92. The van der Waals surface area contributed by atoms with Crippen molar-refractivity contribution in [3.8, 4) is 0 Å². The average molecular weight is 255 g/mol. The summed E-state index contributed by atoms with van der Waals surface area (Å²) in [6.07, 6.45) is -3.86. The molecule has 0 saturated heterocycles. The largest absolute Gasteiger partial charge is 0.479 e. The highest BCUT2D eigenvalue weighted by Gasteiger charge is 2.28. The predicted octanol–water partition coefficient (Wildman–Crippen LogP) is -0.246. The van der Waals surface area contributed by atoms with Crippen LogP contribution in [0.4, 0.5) is 5.69 Å². The van der Waals surface area contributed by atoms with E-state index >= 15 is 0 Å². The van der Waals surface area contributed by atoms with Crippen molar-refractivity contribution in [2.45, 2.75) is 19.1 Å². The Labute approximate surface area is 102 Å². The van der Waals surface area contributed by atoms with E-state index in [-0.39, 0.29) is 16.8 Å². The quantitative estimate of drug-likeness (QED) is 0.467. The second-order valence-corrected chi connectivity index (χ2v) is 3.85. The summed E-state index contributed by atoms with van der Waals surface area (Å²) in [4.78, 5) is 21.5. The zero-order valence-corrected chi connectivity index (χ0v) is 9.49. The van der Waals surface area contributed by atoms with Gasteiger partial charge in [0.05, 0.1) is 11.3 Å². The lowest BCUT2D eigenvalue weighted by molar-refractivity contribution is -0.153. The third kappa shape index (κ3) is 2.58. The number of aliphatic hydroxyl groups excluding tert-OH is 2. The number of rotatable bonds is 4. The Balaban J connectivity index is 3.32. The van der Waals surface area contributed by atoms with Crippen LogP contribution in [0.15, 0.2) is 12.1 Å². The van der Waals surface area contributed by atoms with Crippen molar-refractivity contribution in [2.24, 2.45) is 0 Å². The van der Waals surface area contributed by atoms with Crippen LogP contribution in [0, 0.1) is 6.92 Å². The first kappa shape index (κ1) is 13.9. The molecule has 0 heterocycles. The van der Waals surface area contributed by atoms with Crippen molar-refractivity contribution >= 4 is 17.6 Å². The summed E-state index contributed by atoms with van der Waals surface area (Å²) in [6, 6.07) is 2.62. The monoisotopic (exact) mass is 255 g/mol. The molecule has 7 heteroatoms. The second kappa shape index (κ2) is 5.03. The summed E-state index contributed by atoms with van der Waals surface area (Å²) in [5, 5.41) is 36.4. The number of carbonyl (C=O) groups is 2. The van der Waals surface area contributed by atoms with Crippen LogP contribution in [0.5, 0.6) is 0 Å². The van der Waals surface area contributed by atoms with Crippen molar-refractivity contribution < 1.29 is 30.0 Å². The SMILES string of the molecule is Cc1cc(C(=O)O)c(N)c(C(O)C(O)C(=O)O)c1. The van der Waals surface area contributed by atoms with Crippen molar-refractivity contribution in [1.29, 1.82) is 0 Å². The average Bonchev–Trinajstić information content (AvgIpc) is 2.29. The number of aliphatic carboxylic acids is 1. The maximum Gasteiger partial charge on any atom is 0.337 e. The van der Waals surface area contributed by atoms with E-state index in [0.29, 0.717) is 5.56 Å². The Hall–Kier alpha value is -2.12. The minimum absolute atomic E-state index is 0.123. The molecule has 0 aliphatic carbocycles. The van der Waals surface area contributed by atoms with E-state index in [9.17, 15) is 19.8 Å². The molecule has 0 spiro atoms. The van der Waals surface area contributed by atoms with Crippen molar-refractivity contribution in [3.63, 3.8) is 0 Å². The van der Waals surface area contributed by atoms with Crippen LogP contribution in [0.1, 0.15) is 27.6 Å². The van der Waals surface area contributed by atoms with Gasteiger partial charge in [-0.25, -0.2) is 9.59 Å². The Morgan fingerprint density at radius 2 is 1.78 bits per heavy atom. The summed E-state index contributed by atoms with van der Waals surface area (Å²) in [7, 11) is 0. The van der Waals surface area contributed by atoms with E-state index in [1.54, 1.807) is 6.92 Å². The zero-order valence-electron chi connectivity index (χ0n) is 9.49.